The molecule has 0 spiro atoms. The molecule has 0 saturated carbocycles. The molecule has 0 unspecified atom stereocenters. The lowest BCUT2D eigenvalue weighted by atomic mass is 9.96. The van der Waals surface area contributed by atoms with E-state index < -0.39 is 0 Å². The van der Waals surface area contributed by atoms with Crippen molar-refractivity contribution in [1.29, 1.82) is 0 Å². The summed E-state index contributed by atoms with van der Waals surface area (Å²) < 4.78 is 0. The summed E-state index contributed by atoms with van der Waals surface area (Å²) in [5.41, 5.74) is 6.56. The largest absolute Gasteiger partial charge is 0.369 e. The van der Waals surface area contributed by atoms with Crippen LogP contribution >= 0.6 is 35.6 Å². The molecular weight excluding hydrogens is 501 g/mol. The smallest absolute Gasteiger partial charge is 0.220 e. The van der Waals surface area contributed by atoms with Crippen molar-refractivity contribution in [3.05, 3.63) is 34.9 Å². The van der Waals surface area contributed by atoms with Crippen molar-refractivity contribution in [3.8, 4) is 0 Å². The van der Waals surface area contributed by atoms with E-state index in [0.29, 0.717) is 0 Å². The first-order chi connectivity index (χ1) is 13.5. The minimum Gasteiger partial charge on any atom is -0.369 e. The molecule has 1 amide bonds. The molecule has 3 N–H and O–H groups in total. The van der Waals surface area contributed by atoms with Crippen LogP contribution in [0, 0.1) is 5.92 Å². The number of halogens is 2. The van der Waals surface area contributed by atoms with Gasteiger partial charge in [-0.3, -0.25) is 9.79 Å². The third-order valence-electron chi connectivity index (χ3n) is 5.14. The molecule has 0 radical (unpaired) electrons. The Hall–Kier alpha value is -1.06. The molecule has 0 aliphatic carbocycles. The third kappa shape index (κ3) is 9.53. The van der Waals surface area contributed by atoms with Crippen molar-refractivity contribution in [2.45, 2.75) is 39.2 Å². The molecule has 6 nitrogen and oxygen atoms in total. The highest BCUT2D eigenvalue weighted by Gasteiger charge is 2.22. The summed E-state index contributed by atoms with van der Waals surface area (Å²) in [7, 11) is 2.05. The molecule has 29 heavy (non-hydrogen) atoms. The number of hydrogen-bond acceptors (Lipinski definition) is 3. The van der Waals surface area contributed by atoms with Gasteiger partial charge < -0.3 is 20.9 Å². The second-order valence-corrected chi connectivity index (χ2v) is 7.88. The van der Waals surface area contributed by atoms with Gasteiger partial charge in [-0.1, -0.05) is 23.7 Å². The first-order valence-corrected chi connectivity index (χ1v) is 10.6. The number of nitrogens with two attached hydrogens (primary N) is 1. The van der Waals surface area contributed by atoms with Crippen LogP contribution in [0.5, 0.6) is 0 Å². The first kappa shape index (κ1) is 26.0. The standard InChI is InChI=1S/C21H34ClN5O.HI/c1-3-24-21(26(2)16-17-7-6-8-19(22)15-17)25-11-4-5-12-27-13-9-18(10-14-27)20(23)28;/h6-8,15,18H,3-5,9-14,16H2,1-2H3,(H2,23,28)(H,24,25);1H. The Morgan fingerprint density at radius 3 is 2.69 bits per heavy atom. The lowest BCUT2D eigenvalue weighted by Crippen LogP contribution is -2.39. The quantitative estimate of drug-likeness (QED) is 0.220. The summed E-state index contributed by atoms with van der Waals surface area (Å²) in [6.07, 6.45) is 3.95. The molecule has 1 aliphatic rings. The minimum atomic E-state index is -0.146. The van der Waals surface area contributed by atoms with E-state index in [1.165, 1.54) is 5.56 Å². The highest BCUT2D eigenvalue weighted by atomic mass is 127. The number of nitrogens with one attached hydrogen (secondary N) is 1. The van der Waals surface area contributed by atoms with Gasteiger partial charge in [-0.2, -0.15) is 0 Å². The molecule has 0 atom stereocenters. The highest BCUT2D eigenvalue weighted by Crippen LogP contribution is 2.17. The van der Waals surface area contributed by atoms with E-state index in [9.17, 15) is 4.79 Å². The highest BCUT2D eigenvalue weighted by molar-refractivity contribution is 14.0. The molecule has 0 aromatic heterocycles. The average Bonchev–Trinajstić information content (AvgIpc) is 2.67. The van der Waals surface area contributed by atoms with Crippen LogP contribution in [-0.4, -0.2) is 61.4 Å². The number of likely N-dealkylation sites (tertiary alicyclic amines) is 1. The minimum absolute atomic E-state index is 0. The van der Waals surface area contributed by atoms with Gasteiger partial charge in [0, 0.05) is 37.6 Å². The van der Waals surface area contributed by atoms with Crippen molar-refractivity contribution >= 4 is 47.4 Å². The zero-order valence-electron chi connectivity index (χ0n) is 17.6. The van der Waals surface area contributed by atoms with E-state index in [1.54, 1.807) is 0 Å². The summed E-state index contributed by atoms with van der Waals surface area (Å²) in [5.74, 6) is 0.843. The van der Waals surface area contributed by atoms with E-state index in [0.717, 1.165) is 75.9 Å². The van der Waals surface area contributed by atoms with Crippen molar-refractivity contribution in [1.82, 2.24) is 15.1 Å². The maximum atomic E-state index is 11.2. The van der Waals surface area contributed by atoms with Crippen molar-refractivity contribution in [3.63, 3.8) is 0 Å². The van der Waals surface area contributed by atoms with Gasteiger partial charge in [0.05, 0.1) is 0 Å². The van der Waals surface area contributed by atoms with Crippen LogP contribution < -0.4 is 11.1 Å². The third-order valence-corrected chi connectivity index (χ3v) is 5.37. The van der Waals surface area contributed by atoms with E-state index >= 15 is 0 Å². The Labute approximate surface area is 197 Å². The lowest BCUT2D eigenvalue weighted by molar-refractivity contribution is -0.123. The molecule has 164 valence electrons. The number of hydrogen-bond donors (Lipinski definition) is 2. The van der Waals surface area contributed by atoms with Crippen LogP contribution in [0.25, 0.3) is 0 Å². The van der Waals surface area contributed by atoms with Crippen molar-refractivity contribution < 1.29 is 4.79 Å². The van der Waals surface area contributed by atoms with Crippen molar-refractivity contribution in [2.75, 3.05) is 39.8 Å². The zero-order chi connectivity index (χ0) is 20.4. The summed E-state index contributed by atoms with van der Waals surface area (Å²) in [4.78, 5) is 20.6. The van der Waals surface area contributed by atoms with Crippen molar-refractivity contribution in [2.24, 2.45) is 16.6 Å². The molecule has 1 aliphatic heterocycles. The number of primary amides is 1. The number of amides is 1. The SMILES string of the molecule is CCNC(=NCCCCN1CCC(C(N)=O)CC1)N(C)Cc1cccc(Cl)c1.I. The van der Waals surface area contributed by atoms with E-state index in [2.05, 4.69) is 28.1 Å². The predicted octanol–water partition coefficient (Wildman–Crippen LogP) is 3.33. The number of unbranched alkanes of at least 4 members (excludes halogenated alkanes) is 1. The number of aliphatic imine (C=N–C) groups is 1. The van der Waals surface area contributed by atoms with E-state index in [1.807, 2.05) is 25.2 Å². The maximum absolute atomic E-state index is 11.2. The number of carbonyl (C=O) groups excluding carboxylic acids is 1. The fraction of sp³-hybridized carbons (Fsp3) is 0.619. The predicted molar refractivity (Wildman–Crippen MR) is 132 cm³/mol. The van der Waals surface area contributed by atoms with Crippen LogP contribution in [0.2, 0.25) is 5.02 Å². The normalized spacial score (nSPS) is 15.6. The Morgan fingerprint density at radius 1 is 1.34 bits per heavy atom. The zero-order valence-corrected chi connectivity index (χ0v) is 20.7. The average molecular weight is 536 g/mol. The van der Waals surface area contributed by atoms with Crippen LogP contribution in [0.15, 0.2) is 29.3 Å². The molecular formula is C21H35ClIN5O. The Balaban J connectivity index is 0.00000420. The number of nitrogens with zero attached hydrogens (tertiary/aromatic N) is 3. The first-order valence-electron chi connectivity index (χ1n) is 10.2. The topological polar surface area (TPSA) is 74.0 Å². The van der Waals surface area contributed by atoms with Gasteiger partial charge in [0.25, 0.3) is 0 Å². The fourth-order valence-corrected chi connectivity index (χ4v) is 3.74. The molecule has 1 aromatic carbocycles. The fourth-order valence-electron chi connectivity index (χ4n) is 3.53. The maximum Gasteiger partial charge on any atom is 0.220 e. The van der Waals surface area contributed by atoms with Gasteiger partial charge in [-0.05, 0) is 69.9 Å². The number of guanidine groups is 1. The molecule has 0 bridgehead atoms. The van der Waals surface area contributed by atoms with Gasteiger partial charge >= 0.3 is 0 Å². The summed E-state index contributed by atoms with van der Waals surface area (Å²) in [6.45, 7) is 7.51. The second-order valence-electron chi connectivity index (χ2n) is 7.45. The summed E-state index contributed by atoms with van der Waals surface area (Å²) >= 11 is 6.08. The molecule has 1 saturated heterocycles. The molecule has 1 heterocycles. The molecule has 1 aromatic rings. The number of rotatable bonds is 9. The number of benzene rings is 1. The molecule has 1 fully saturated rings. The summed E-state index contributed by atoms with van der Waals surface area (Å²) in [5, 5.41) is 4.12. The second kappa shape index (κ2) is 14.0. The van der Waals surface area contributed by atoms with Gasteiger partial charge in [0.15, 0.2) is 5.96 Å². The Bertz CT molecular complexity index is 650. The number of carbonyl (C=O) groups is 1. The monoisotopic (exact) mass is 535 g/mol. The van der Waals surface area contributed by atoms with E-state index in [-0.39, 0.29) is 35.8 Å². The van der Waals surface area contributed by atoms with Crippen LogP contribution in [0.3, 0.4) is 0 Å². The van der Waals surface area contributed by atoms with Gasteiger partial charge in [0.2, 0.25) is 5.91 Å². The van der Waals surface area contributed by atoms with E-state index in [4.69, 9.17) is 22.3 Å². The molecule has 2 rings (SSSR count). The van der Waals surface area contributed by atoms with Gasteiger partial charge in [-0.15, -0.1) is 24.0 Å². The van der Waals surface area contributed by atoms with Gasteiger partial charge in [0.1, 0.15) is 0 Å². The Kier molecular flexibility index (Phi) is 12.6. The molecule has 8 heteroatoms. The van der Waals surface area contributed by atoms with Crippen LogP contribution in [0.4, 0.5) is 0 Å². The lowest BCUT2D eigenvalue weighted by Gasteiger charge is -2.30. The van der Waals surface area contributed by atoms with Crippen LogP contribution in [0.1, 0.15) is 38.2 Å². The number of piperidine rings is 1. The van der Waals surface area contributed by atoms with Crippen LogP contribution in [-0.2, 0) is 11.3 Å². The summed E-state index contributed by atoms with van der Waals surface area (Å²) in [6, 6.07) is 7.93. The van der Waals surface area contributed by atoms with Gasteiger partial charge in [-0.25, -0.2) is 0 Å². The Morgan fingerprint density at radius 2 is 2.07 bits per heavy atom.